The number of nitrogens with zero attached hydrogens (tertiary/aromatic N) is 1. The fourth-order valence-corrected chi connectivity index (χ4v) is 2.47. The molecular weight excluding hydrogens is 411 g/mol. The lowest BCUT2D eigenvalue weighted by Gasteiger charge is -2.13. The molecule has 0 aliphatic heterocycles. The Kier molecular flexibility index (Phi) is 8.07. The number of nitrogens with one attached hydrogen (secondary N) is 3. The van der Waals surface area contributed by atoms with E-state index in [-0.39, 0.29) is 49.8 Å². The predicted molar refractivity (Wildman–Crippen MR) is 98.7 cm³/mol. The molecule has 0 atom stereocenters. The highest BCUT2D eigenvalue weighted by Crippen LogP contribution is 2.33. The van der Waals surface area contributed by atoms with E-state index in [0.717, 1.165) is 18.2 Å². The van der Waals surface area contributed by atoms with E-state index < -0.39 is 29.3 Å². The van der Waals surface area contributed by atoms with Crippen LogP contribution in [0.15, 0.2) is 36.5 Å². The van der Waals surface area contributed by atoms with Crippen molar-refractivity contribution in [3.63, 3.8) is 0 Å². The van der Waals surface area contributed by atoms with Gasteiger partial charge in [-0.2, -0.15) is 13.2 Å². The number of rotatable bonds is 9. The summed E-state index contributed by atoms with van der Waals surface area (Å²) in [6, 6.07) is 4.66. The fraction of sp³-hybridized carbons (Fsp3) is 0.316. The number of anilines is 1. The number of halogens is 5. The Hall–Kier alpha value is -3.24. The molecule has 2 rings (SSSR count). The standard InChI is InChI=1S/C19H19F5N4O2/c20-12-5-6-13(15(21)11-12)18(30)28-8-2-4-16(29)25-9-10-27-17-14(19(22,23)24)3-1-7-26-17/h1,3,5-7,11H,2,4,8-10H2,(H,25,29)(H,26,27)(H,28,30). The zero-order valence-corrected chi connectivity index (χ0v) is 15.7. The van der Waals surface area contributed by atoms with Crippen molar-refractivity contribution in [2.75, 3.05) is 25.0 Å². The third-order valence-corrected chi connectivity index (χ3v) is 3.89. The molecule has 0 fully saturated rings. The first-order valence-corrected chi connectivity index (χ1v) is 8.94. The Morgan fingerprint density at radius 1 is 1.00 bits per heavy atom. The van der Waals surface area contributed by atoms with Gasteiger partial charge in [0.15, 0.2) is 0 Å². The Morgan fingerprint density at radius 2 is 1.77 bits per heavy atom. The van der Waals surface area contributed by atoms with Crippen molar-refractivity contribution in [2.24, 2.45) is 0 Å². The molecule has 0 saturated heterocycles. The zero-order chi connectivity index (χ0) is 22.1. The minimum absolute atomic E-state index is 0.0341. The van der Waals surface area contributed by atoms with Crippen molar-refractivity contribution in [3.05, 3.63) is 59.3 Å². The molecule has 0 spiro atoms. The van der Waals surface area contributed by atoms with Crippen LogP contribution < -0.4 is 16.0 Å². The van der Waals surface area contributed by atoms with Crippen LogP contribution in [0.5, 0.6) is 0 Å². The summed E-state index contributed by atoms with van der Waals surface area (Å²) in [5.74, 6) is -3.20. The molecule has 3 N–H and O–H groups in total. The first kappa shape index (κ1) is 23.0. The summed E-state index contributed by atoms with van der Waals surface area (Å²) in [6.07, 6.45) is -3.01. The topological polar surface area (TPSA) is 83.1 Å². The first-order valence-electron chi connectivity index (χ1n) is 8.94. The fourth-order valence-electron chi connectivity index (χ4n) is 2.47. The van der Waals surface area contributed by atoms with Crippen LogP contribution in [0.1, 0.15) is 28.8 Å². The van der Waals surface area contributed by atoms with E-state index in [1.165, 1.54) is 12.3 Å². The summed E-state index contributed by atoms with van der Waals surface area (Å²) in [7, 11) is 0. The van der Waals surface area contributed by atoms with E-state index in [1.54, 1.807) is 0 Å². The van der Waals surface area contributed by atoms with Crippen LogP contribution in [-0.4, -0.2) is 36.4 Å². The van der Waals surface area contributed by atoms with Gasteiger partial charge in [-0.3, -0.25) is 9.59 Å². The van der Waals surface area contributed by atoms with Crippen LogP contribution in [0.25, 0.3) is 0 Å². The number of pyridine rings is 1. The minimum Gasteiger partial charge on any atom is -0.368 e. The van der Waals surface area contributed by atoms with E-state index in [1.807, 2.05) is 0 Å². The molecule has 1 aromatic heterocycles. The van der Waals surface area contributed by atoms with Gasteiger partial charge in [-0.05, 0) is 30.7 Å². The average molecular weight is 430 g/mol. The van der Waals surface area contributed by atoms with Crippen LogP contribution in [-0.2, 0) is 11.0 Å². The van der Waals surface area contributed by atoms with Gasteiger partial charge in [0, 0.05) is 38.3 Å². The smallest absolute Gasteiger partial charge is 0.368 e. The van der Waals surface area contributed by atoms with Crippen molar-refractivity contribution >= 4 is 17.6 Å². The van der Waals surface area contributed by atoms with E-state index in [4.69, 9.17) is 0 Å². The van der Waals surface area contributed by atoms with Crippen molar-refractivity contribution < 1.29 is 31.5 Å². The SMILES string of the molecule is O=C(CCCNC(=O)c1ccc(F)cc1F)NCCNc1ncccc1C(F)(F)F. The van der Waals surface area contributed by atoms with Gasteiger partial charge in [-0.15, -0.1) is 0 Å². The highest BCUT2D eigenvalue weighted by molar-refractivity contribution is 5.94. The molecular formula is C19H19F5N4O2. The summed E-state index contributed by atoms with van der Waals surface area (Å²) in [6.45, 7) is 0.191. The molecule has 2 amide bonds. The molecule has 0 unspecified atom stereocenters. The number of carbonyl (C=O) groups is 2. The van der Waals surface area contributed by atoms with Crippen molar-refractivity contribution in [1.29, 1.82) is 0 Å². The van der Waals surface area contributed by atoms with E-state index >= 15 is 0 Å². The van der Waals surface area contributed by atoms with Gasteiger partial charge >= 0.3 is 6.18 Å². The highest BCUT2D eigenvalue weighted by Gasteiger charge is 2.33. The first-order chi connectivity index (χ1) is 14.2. The lowest BCUT2D eigenvalue weighted by molar-refractivity contribution is -0.137. The van der Waals surface area contributed by atoms with Crippen LogP contribution in [0.4, 0.5) is 27.8 Å². The number of aromatic nitrogens is 1. The number of amides is 2. The van der Waals surface area contributed by atoms with Gasteiger partial charge in [0.1, 0.15) is 17.5 Å². The molecule has 0 aliphatic rings. The molecule has 1 aromatic carbocycles. The van der Waals surface area contributed by atoms with E-state index in [9.17, 15) is 31.5 Å². The Bertz CT molecular complexity index is 889. The predicted octanol–water partition coefficient (Wildman–Crippen LogP) is 3.12. The summed E-state index contributed by atoms with van der Waals surface area (Å²) in [5, 5.41) is 7.46. The Balaban J connectivity index is 1.65. The van der Waals surface area contributed by atoms with Gasteiger partial charge in [-0.1, -0.05) is 0 Å². The maximum Gasteiger partial charge on any atom is 0.419 e. The molecule has 0 radical (unpaired) electrons. The third kappa shape index (κ3) is 6.98. The van der Waals surface area contributed by atoms with E-state index in [0.29, 0.717) is 6.07 Å². The molecule has 0 bridgehead atoms. The normalized spacial score (nSPS) is 11.1. The molecule has 0 aliphatic carbocycles. The largest absolute Gasteiger partial charge is 0.419 e. The summed E-state index contributed by atoms with van der Waals surface area (Å²) >= 11 is 0. The number of alkyl halides is 3. The lowest BCUT2D eigenvalue weighted by Crippen LogP contribution is -2.30. The minimum atomic E-state index is -4.54. The second-order valence-electron chi connectivity index (χ2n) is 6.16. The molecule has 6 nitrogen and oxygen atoms in total. The lowest BCUT2D eigenvalue weighted by atomic mass is 10.2. The summed E-state index contributed by atoms with van der Waals surface area (Å²) < 4.78 is 64.9. The van der Waals surface area contributed by atoms with Crippen LogP contribution in [0.2, 0.25) is 0 Å². The molecule has 0 saturated carbocycles. The third-order valence-electron chi connectivity index (χ3n) is 3.89. The van der Waals surface area contributed by atoms with Gasteiger partial charge in [0.2, 0.25) is 5.91 Å². The molecule has 30 heavy (non-hydrogen) atoms. The maximum absolute atomic E-state index is 13.5. The van der Waals surface area contributed by atoms with Crippen molar-refractivity contribution in [3.8, 4) is 0 Å². The van der Waals surface area contributed by atoms with Crippen LogP contribution >= 0.6 is 0 Å². The van der Waals surface area contributed by atoms with Crippen molar-refractivity contribution in [1.82, 2.24) is 15.6 Å². The van der Waals surface area contributed by atoms with Gasteiger partial charge in [0.05, 0.1) is 11.1 Å². The summed E-state index contributed by atoms with van der Waals surface area (Å²) in [5.41, 5.74) is -1.20. The molecule has 11 heteroatoms. The molecule has 2 aromatic rings. The van der Waals surface area contributed by atoms with Gasteiger partial charge < -0.3 is 16.0 Å². The monoisotopic (exact) mass is 430 g/mol. The average Bonchev–Trinajstić information content (AvgIpc) is 2.68. The zero-order valence-electron chi connectivity index (χ0n) is 15.7. The second kappa shape index (κ2) is 10.5. The highest BCUT2D eigenvalue weighted by atomic mass is 19.4. The Labute approximate surface area is 168 Å². The van der Waals surface area contributed by atoms with Crippen LogP contribution in [0, 0.1) is 11.6 Å². The summed E-state index contributed by atoms with van der Waals surface area (Å²) in [4.78, 5) is 27.2. The quantitative estimate of drug-likeness (QED) is 0.422. The molecule has 162 valence electrons. The number of carbonyl (C=O) groups excluding carboxylic acids is 2. The van der Waals surface area contributed by atoms with Crippen molar-refractivity contribution in [2.45, 2.75) is 19.0 Å². The number of hydrogen-bond donors (Lipinski definition) is 3. The molecule has 1 heterocycles. The number of benzene rings is 1. The van der Waals surface area contributed by atoms with Gasteiger partial charge in [0.25, 0.3) is 5.91 Å². The van der Waals surface area contributed by atoms with Crippen LogP contribution in [0.3, 0.4) is 0 Å². The maximum atomic E-state index is 13.5. The second-order valence-corrected chi connectivity index (χ2v) is 6.16. The van der Waals surface area contributed by atoms with Gasteiger partial charge in [-0.25, -0.2) is 13.8 Å². The Morgan fingerprint density at radius 3 is 2.47 bits per heavy atom. The number of hydrogen-bond acceptors (Lipinski definition) is 4. The van der Waals surface area contributed by atoms with E-state index in [2.05, 4.69) is 20.9 Å².